The van der Waals surface area contributed by atoms with Gasteiger partial charge >= 0.3 is 0 Å². The van der Waals surface area contributed by atoms with Crippen LogP contribution in [0.2, 0.25) is 0 Å². The van der Waals surface area contributed by atoms with Crippen LogP contribution in [-0.4, -0.2) is 43.5 Å². The fourth-order valence-corrected chi connectivity index (χ4v) is 2.04. The molecule has 0 aliphatic heterocycles. The zero-order chi connectivity index (χ0) is 14.3. The summed E-state index contributed by atoms with van der Waals surface area (Å²) in [7, 11) is 4.21. The van der Waals surface area contributed by atoms with Crippen molar-refractivity contribution in [2.45, 2.75) is 20.4 Å². The van der Waals surface area contributed by atoms with Gasteiger partial charge in [-0.3, -0.25) is 4.90 Å². The van der Waals surface area contributed by atoms with Crippen LogP contribution in [0.25, 0.3) is 0 Å². The smallest absolute Gasteiger partial charge is 0.0991 e. The lowest BCUT2D eigenvalue weighted by Gasteiger charge is -2.25. The summed E-state index contributed by atoms with van der Waals surface area (Å²) in [5.74, 6) is 0.667. The minimum atomic E-state index is 0.667. The second kappa shape index (κ2) is 7.93. The van der Waals surface area contributed by atoms with E-state index < -0.39 is 0 Å². The molecule has 3 nitrogen and oxygen atoms in total. The molecular weight excluding hydrogens is 234 g/mol. The summed E-state index contributed by atoms with van der Waals surface area (Å²) >= 11 is 0. The highest BCUT2D eigenvalue weighted by molar-refractivity contribution is 5.31. The average molecular weight is 259 g/mol. The highest BCUT2D eigenvalue weighted by Crippen LogP contribution is 2.09. The first-order valence-corrected chi connectivity index (χ1v) is 6.87. The van der Waals surface area contributed by atoms with Crippen molar-refractivity contribution in [3.8, 4) is 6.07 Å². The van der Waals surface area contributed by atoms with Gasteiger partial charge in [-0.15, -0.1) is 0 Å². The summed E-state index contributed by atoms with van der Waals surface area (Å²) < 4.78 is 0. The second-order valence-corrected chi connectivity index (χ2v) is 5.74. The number of likely N-dealkylation sites (N-methyl/N-ethyl adjacent to an activating group) is 1. The molecule has 104 valence electrons. The maximum atomic E-state index is 8.81. The first-order valence-electron chi connectivity index (χ1n) is 6.87. The van der Waals surface area contributed by atoms with Crippen molar-refractivity contribution >= 4 is 0 Å². The lowest BCUT2D eigenvalue weighted by molar-refractivity contribution is 0.212. The van der Waals surface area contributed by atoms with Crippen LogP contribution in [0, 0.1) is 17.2 Å². The molecule has 0 saturated heterocycles. The summed E-state index contributed by atoms with van der Waals surface area (Å²) in [6, 6.07) is 10.1. The predicted octanol–water partition coefficient (Wildman–Crippen LogP) is 2.58. The van der Waals surface area contributed by atoms with Gasteiger partial charge in [0.15, 0.2) is 0 Å². The Hall–Kier alpha value is -1.37. The molecule has 3 heteroatoms. The van der Waals surface area contributed by atoms with E-state index in [1.165, 1.54) is 5.56 Å². The second-order valence-electron chi connectivity index (χ2n) is 5.74. The van der Waals surface area contributed by atoms with Gasteiger partial charge in [0.2, 0.25) is 0 Å². The minimum Gasteiger partial charge on any atom is -0.308 e. The highest BCUT2D eigenvalue weighted by atomic mass is 15.2. The number of rotatable bonds is 7. The molecule has 0 amide bonds. The van der Waals surface area contributed by atoms with Gasteiger partial charge in [-0.2, -0.15) is 5.26 Å². The number of hydrogen-bond acceptors (Lipinski definition) is 3. The highest BCUT2D eigenvalue weighted by Gasteiger charge is 2.08. The topological polar surface area (TPSA) is 30.3 Å². The Balaban J connectivity index is 2.61. The van der Waals surface area contributed by atoms with Gasteiger partial charge in [0, 0.05) is 26.2 Å². The van der Waals surface area contributed by atoms with Gasteiger partial charge in [0.25, 0.3) is 0 Å². The summed E-state index contributed by atoms with van der Waals surface area (Å²) in [5.41, 5.74) is 2.01. The molecule has 0 heterocycles. The Morgan fingerprint density at radius 1 is 1.11 bits per heavy atom. The van der Waals surface area contributed by atoms with Crippen molar-refractivity contribution in [1.29, 1.82) is 5.26 Å². The van der Waals surface area contributed by atoms with Crippen LogP contribution >= 0.6 is 0 Å². The lowest BCUT2D eigenvalue weighted by atomic mass is 10.1. The minimum absolute atomic E-state index is 0.667. The molecule has 0 fully saturated rings. The van der Waals surface area contributed by atoms with Crippen LogP contribution in [0.5, 0.6) is 0 Å². The summed E-state index contributed by atoms with van der Waals surface area (Å²) in [4.78, 5) is 4.69. The molecule has 0 aliphatic carbocycles. The summed E-state index contributed by atoms with van der Waals surface area (Å²) in [6.07, 6.45) is 0. The summed E-state index contributed by atoms with van der Waals surface area (Å²) in [5, 5.41) is 8.81. The Morgan fingerprint density at radius 3 is 2.21 bits per heavy atom. The molecule has 19 heavy (non-hydrogen) atoms. The number of nitriles is 1. The van der Waals surface area contributed by atoms with E-state index in [0.29, 0.717) is 5.92 Å². The zero-order valence-corrected chi connectivity index (χ0v) is 12.6. The molecule has 0 radical (unpaired) electrons. The maximum absolute atomic E-state index is 8.81. The maximum Gasteiger partial charge on any atom is 0.0991 e. The van der Waals surface area contributed by atoms with Gasteiger partial charge in [0.05, 0.1) is 11.6 Å². The third-order valence-electron chi connectivity index (χ3n) is 2.98. The average Bonchev–Trinajstić information content (AvgIpc) is 2.36. The Kier molecular flexibility index (Phi) is 6.55. The van der Waals surface area contributed by atoms with E-state index in [9.17, 15) is 0 Å². The Bertz CT molecular complexity index is 401. The number of benzene rings is 1. The molecule has 1 aromatic carbocycles. The zero-order valence-electron chi connectivity index (χ0n) is 12.6. The third kappa shape index (κ3) is 6.37. The molecule has 0 spiro atoms. The van der Waals surface area contributed by atoms with Crippen molar-refractivity contribution < 1.29 is 0 Å². The third-order valence-corrected chi connectivity index (χ3v) is 2.98. The first-order chi connectivity index (χ1) is 9.01. The van der Waals surface area contributed by atoms with Crippen molar-refractivity contribution in [3.63, 3.8) is 0 Å². The molecular formula is C16H25N3. The van der Waals surface area contributed by atoms with Crippen molar-refractivity contribution in [2.75, 3.05) is 33.7 Å². The van der Waals surface area contributed by atoms with Crippen LogP contribution < -0.4 is 0 Å². The molecule has 0 unspecified atom stereocenters. The van der Waals surface area contributed by atoms with Gasteiger partial charge < -0.3 is 4.90 Å². The molecule has 0 atom stereocenters. The van der Waals surface area contributed by atoms with E-state index in [0.717, 1.165) is 31.7 Å². The lowest BCUT2D eigenvalue weighted by Crippen LogP contribution is -2.33. The van der Waals surface area contributed by atoms with Crippen LogP contribution in [0.3, 0.4) is 0 Å². The van der Waals surface area contributed by atoms with Gasteiger partial charge in [-0.1, -0.05) is 26.0 Å². The molecule has 0 aliphatic rings. The number of nitrogens with zero attached hydrogens (tertiary/aromatic N) is 3. The van der Waals surface area contributed by atoms with Crippen molar-refractivity contribution in [2.24, 2.45) is 5.92 Å². The molecule has 1 rings (SSSR count). The first kappa shape index (κ1) is 15.7. The Morgan fingerprint density at radius 2 is 1.74 bits per heavy atom. The quantitative estimate of drug-likeness (QED) is 0.754. The van der Waals surface area contributed by atoms with Crippen LogP contribution in [0.1, 0.15) is 25.0 Å². The van der Waals surface area contributed by atoms with Gasteiger partial charge in [0.1, 0.15) is 0 Å². The molecule has 0 saturated carbocycles. The van der Waals surface area contributed by atoms with Crippen LogP contribution in [0.4, 0.5) is 0 Å². The van der Waals surface area contributed by atoms with Gasteiger partial charge in [-0.05, 0) is 37.7 Å². The van der Waals surface area contributed by atoms with Gasteiger partial charge in [-0.25, -0.2) is 0 Å². The molecule has 0 N–H and O–H groups in total. The van der Waals surface area contributed by atoms with E-state index in [-0.39, 0.29) is 0 Å². The SMILES string of the molecule is CC(C)CN(CCN(C)C)Cc1ccc(C#N)cc1. The van der Waals surface area contributed by atoms with E-state index in [4.69, 9.17) is 5.26 Å². The largest absolute Gasteiger partial charge is 0.308 e. The van der Waals surface area contributed by atoms with Crippen LogP contribution in [0.15, 0.2) is 24.3 Å². The van der Waals surface area contributed by atoms with Crippen LogP contribution in [-0.2, 0) is 6.54 Å². The normalized spacial score (nSPS) is 11.3. The molecule has 1 aromatic rings. The van der Waals surface area contributed by atoms with E-state index in [1.54, 1.807) is 0 Å². The monoisotopic (exact) mass is 259 g/mol. The molecule has 0 aromatic heterocycles. The standard InChI is InChI=1S/C16H25N3/c1-14(2)12-19(10-9-18(3)4)13-16-7-5-15(11-17)6-8-16/h5-8,14H,9-10,12-13H2,1-4H3. The van der Waals surface area contributed by atoms with E-state index in [1.807, 2.05) is 12.1 Å². The Labute approximate surface area is 117 Å². The predicted molar refractivity (Wildman–Crippen MR) is 79.8 cm³/mol. The number of hydrogen-bond donors (Lipinski definition) is 0. The fraction of sp³-hybridized carbons (Fsp3) is 0.562. The fourth-order valence-electron chi connectivity index (χ4n) is 2.04. The van der Waals surface area contributed by atoms with Crippen molar-refractivity contribution in [1.82, 2.24) is 9.80 Å². The molecule has 0 bridgehead atoms. The van der Waals surface area contributed by atoms with Crippen molar-refractivity contribution in [3.05, 3.63) is 35.4 Å². The summed E-state index contributed by atoms with van der Waals surface area (Å²) in [6.45, 7) is 8.71. The van der Waals surface area contributed by atoms with E-state index in [2.05, 4.69) is 55.9 Å². The van der Waals surface area contributed by atoms with E-state index >= 15 is 0 Å².